The van der Waals surface area contributed by atoms with E-state index in [4.69, 9.17) is 5.73 Å². The van der Waals surface area contributed by atoms with E-state index in [0.717, 1.165) is 58.2 Å². The lowest BCUT2D eigenvalue weighted by molar-refractivity contribution is -0.133. The highest BCUT2D eigenvalue weighted by Gasteiger charge is 2.38. The van der Waals surface area contributed by atoms with Gasteiger partial charge in [-0.2, -0.15) is 0 Å². The number of nitrogens with two attached hydrogens (primary N) is 1. The van der Waals surface area contributed by atoms with Crippen LogP contribution in [-0.4, -0.2) is 32.1 Å². The molecule has 0 atom stereocenters. The summed E-state index contributed by atoms with van der Waals surface area (Å²) >= 11 is 0. The van der Waals surface area contributed by atoms with Crippen LogP contribution in [0.5, 0.6) is 0 Å². The van der Waals surface area contributed by atoms with Crippen LogP contribution in [0.2, 0.25) is 0 Å². The van der Waals surface area contributed by atoms with Crippen molar-refractivity contribution in [3.05, 3.63) is 0 Å². The fraction of sp³-hybridized carbons (Fsp3) is 0.923. The Morgan fingerprint density at radius 1 is 1.35 bits per heavy atom. The summed E-state index contributed by atoms with van der Waals surface area (Å²) in [6.45, 7) is 5.58. The molecule has 1 rings (SSSR count). The highest BCUT2D eigenvalue weighted by Crippen LogP contribution is 2.34. The van der Waals surface area contributed by atoms with Crippen LogP contribution < -0.4 is 16.4 Å². The number of hydrogen-bond donors (Lipinski definition) is 3. The van der Waals surface area contributed by atoms with Crippen LogP contribution in [0.4, 0.5) is 0 Å². The number of rotatable bonds is 7. The van der Waals surface area contributed by atoms with Crippen LogP contribution in [0.15, 0.2) is 0 Å². The van der Waals surface area contributed by atoms with Gasteiger partial charge in [0.2, 0.25) is 5.91 Å². The molecule has 1 amide bonds. The lowest BCUT2D eigenvalue weighted by atomic mass is 9.74. The van der Waals surface area contributed by atoms with E-state index in [1.807, 2.05) is 0 Å². The van der Waals surface area contributed by atoms with Crippen molar-refractivity contribution >= 4 is 5.91 Å². The fourth-order valence-electron chi connectivity index (χ4n) is 2.63. The van der Waals surface area contributed by atoms with Crippen LogP contribution in [0.25, 0.3) is 0 Å². The van der Waals surface area contributed by atoms with Crippen molar-refractivity contribution in [2.45, 2.75) is 45.4 Å². The van der Waals surface area contributed by atoms with Gasteiger partial charge in [0.15, 0.2) is 0 Å². The Labute approximate surface area is 105 Å². The summed E-state index contributed by atoms with van der Waals surface area (Å²) < 4.78 is 0. The van der Waals surface area contributed by atoms with Gasteiger partial charge in [0.1, 0.15) is 0 Å². The second kappa shape index (κ2) is 7.67. The first-order valence-electron chi connectivity index (χ1n) is 6.94. The molecule has 0 aromatic rings. The molecular formula is C13H27N3O. The molecule has 0 saturated carbocycles. The van der Waals surface area contributed by atoms with Gasteiger partial charge >= 0.3 is 0 Å². The molecule has 0 bridgehead atoms. The van der Waals surface area contributed by atoms with Gasteiger partial charge < -0.3 is 16.4 Å². The lowest BCUT2D eigenvalue weighted by Crippen LogP contribution is -2.47. The fourth-order valence-corrected chi connectivity index (χ4v) is 2.63. The molecule has 1 aliphatic rings. The standard InChI is InChI=1S/C13H27N3O/c1-2-5-13(6-10-15-11-7-13)12(17)16-9-4-3-8-14/h15H,2-11,14H2,1H3,(H,16,17). The van der Waals surface area contributed by atoms with Crippen LogP contribution in [0.3, 0.4) is 0 Å². The zero-order chi connectivity index (χ0) is 12.6. The minimum Gasteiger partial charge on any atom is -0.356 e. The van der Waals surface area contributed by atoms with E-state index in [0.29, 0.717) is 6.54 Å². The summed E-state index contributed by atoms with van der Waals surface area (Å²) in [4.78, 5) is 12.3. The van der Waals surface area contributed by atoms with Crippen molar-refractivity contribution in [2.75, 3.05) is 26.2 Å². The Bertz CT molecular complexity index is 219. The molecule has 1 fully saturated rings. The molecule has 100 valence electrons. The van der Waals surface area contributed by atoms with Crippen molar-refractivity contribution in [3.63, 3.8) is 0 Å². The number of nitrogens with one attached hydrogen (secondary N) is 2. The number of unbranched alkanes of at least 4 members (excludes halogenated alkanes) is 1. The van der Waals surface area contributed by atoms with Gasteiger partial charge in [-0.05, 0) is 51.7 Å². The van der Waals surface area contributed by atoms with E-state index < -0.39 is 0 Å². The van der Waals surface area contributed by atoms with Gasteiger partial charge in [0, 0.05) is 6.54 Å². The molecule has 0 spiro atoms. The predicted molar refractivity (Wildman–Crippen MR) is 70.7 cm³/mol. The minimum absolute atomic E-state index is 0.108. The van der Waals surface area contributed by atoms with E-state index in [2.05, 4.69) is 17.6 Å². The number of amides is 1. The molecular weight excluding hydrogens is 214 g/mol. The topological polar surface area (TPSA) is 67.2 Å². The van der Waals surface area contributed by atoms with Gasteiger partial charge in [-0.1, -0.05) is 13.3 Å². The van der Waals surface area contributed by atoms with Crippen molar-refractivity contribution in [3.8, 4) is 0 Å². The first kappa shape index (κ1) is 14.5. The molecule has 17 heavy (non-hydrogen) atoms. The predicted octanol–water partition coefficient (Wildman–Crippen LogP) is 1.01. The second-order valence-electron chi connectivity index (χ2n) is 5.03. The van der Waals surface area contributed by atoms with E-state index in [1.165, 1.54) is 0 Å². The monoisotopic (exact) mass is 241 g/mol. The Morgan fingerprint density at radius 2 is 2.06 bits per heavy atom. The summed E-state index contributed by atoms with van der Waals surface area (Å²) in [5.74, 6) is 0.262. The molecule has 4 heteroatoms. The average Bonchev–Trinajstić information content (AvgIpc) is 2.36. The van der Waals surface area contributed by atoms with Crippen LogP contribution >= 0.6 is 0 Å². The lowest BCUT2D eigenvalue weighted by Gasteiger charge is -2.36. The molecule has 1 aliphatic heterocycles. The first-order chi connectivity index (χ1) is 8.25. The Hall–Kier alpha value is -0.610. The number of piperidine rings is 1. The summed E-state index contributed by atoms with van der Waals surface area (Å²) in [5.41, 5.74) is 5.33. The zero-order valence-corrected chi connectivity index (χ0v) is 11.1. The third-order valence-electron chi connectivity index (χ3n) is 3.69. The summed E-state index contributed by atoms with van der Waals surface area (Å²) in [7, 11) is 0. The Balaban J connectivity index is 2.42. The van der Waals surface area contributed by atoms with E-state index in [-0.39, 0.29) is 11.3 Å². The quantitative estimate of drug-likeness (QED) is 0.583. The molecule has 1 saturated heterocycles. The summed E-state index contributed by atoms with van der Waals surface area (Å²) in [6, 6.07) is 0. The smallest absolute Gasteiger partial charge is 0.226 e. The van der Waals surface area contributed by atoms with Crippen molar-refractivity contribution in [1.82, 2.24) is 10.6 Å². The molecule has 0 aromatic carbocycles. The maximum absolute atomic E-state index is 12.3. The maximum Gasteiger partial charge on any atom is 0.226 e. The highest BCUT2D eigenvalue weighted by atomic mass is 16.2. The van der Waals surface area contributed by atoms with E-state index >= 15 is 0 Å². The van der Waals surface area contributed by atoms with Gasteiger partial charge in [0.25, 0.3) is 0 Å². The summed E-state index contributed by atoms with van der Waals surface area (Å²) in [6.07, 6.45) is 6.02. The van der Waals surface area contributed by atoms with Gasteiger partial charge in [-0.3, -0.25) is 4.79 Å². The van der Waals surface area contributed by atoms with E-state index in [9.17, 15) is 4.79 Å². The van der Waals surface area contributed by atoms with Crippen LogP contribution in [0.1, 0.15) is 45.4 Å². The molecule has 0 unspecified atom stereocenters. The van der Waals surface area contributed by atoms with Crippen LogP contribution in [0, 0.1) is 5.41 Å². The first-order valence-corrected chi connectivity index (χ1v) is 6.94. The third-order valence-corrected chi connectivity index (χ3v) is 3.69. The molecule has 1 heterocycles. The largest absolute Gasteiger partial charge is 0.356 e. The minimum atomic E-state index is -0.108. The summed E-state index contributed by atoms with van der Waals surface area (Å²) in [5, 5.41) is 6.42. The molecule has 4 N–H and O–H groups in total. The SMILES string of the molecule is CCCC1(C(=O)NCCCCN)CCNCC1. The Morgan fingerprint density at radius 3 is 2.65 bits per heavy atom. The second-order valence-corrected chi connectivity index (χ2v) is 5.03. The molecule has 0 aliphatic carbocycles. The van der Waals surface area contributed by atoms with Crippen molar-refractivity contribution in [2.24, 2.45) is 11.1 Å². The normalized spacial score (nSPS) is 18.9. The van der Waals surface area contributed by atoms with E-state index in [1.54, 1.807) is 0 Å². The third kappa shape index (κ3) is 4.28. The van der Waals surface area contributed by atoms with Crippen molar-refractivity contribution < 1.29 is 4.79 Å². The molecule has 4 nitrogen and oxygen atoms in total. The van der Waals surface area contributed by atoms with Gasteiger partial charge in [0.05, 0.1) is 5.41 Å². The van der Waals surface area contributed by atoms with Gasteiger partial charge in [-0.25, -0.2) is 0 Å². The van der Waals surface area contributed by atoms with Crippen LogP contribution in [-0.2, 0) is 4.79 Å². The number of carbonyl (C=O) groups excluding carboxylic acids is 1. The number of hydrogen-bond acceptors (Lipinski definition) is 3. The maximum atomic E-state index is 12.3. The van der Waals surface area contributed by atoms with Gasteiger partial charge in [-0.15, -0.1) is 0 Å². The zero-order valence-electron chi connectivity index (χ0n) is 11.1. The van der Waals surface area contributed by atoms with Crippen molar-refractivity contribution in [1.29, 1.82) is 0 Å². The Kier molecular flexibility index (Phi) is 6.52. The molecule has 0 radical (unpaired) electrons. The highest BCUT2D eigenvalue weighted by molar-refractivity contribution is 5.82. The average molecular weight is 241 g/mol. The number of carbonyl (C=O) groups is 1. The molecule has 0 aromatic heterocycles.